The fourth-order valence-corrected chi connectivity index (χ4v) is 3.60. The smallest absolute Gasteiger partial charge is 0.248 e. The molecule has 1 unspecified atom stereocenters. The number of carbonyl (C=O) groups excluding carboxylic acids is 2. The van der Waals surface area contributed by atoms with Gasteiger partial charge in [-0.05, 0) is 30.7 Å². The summed E-state index contributed by atoms with van der Waals surface area (Å²) in [5, 5.41) is 5.50. The summed E-state index contributed by atoms with van der Waals surface area (Å²) in [6.45, 7) is 1.73. The van der Waals surface area contributed by atoms with Gasteiger partial charge in [-0.2, -0.15) is 0 Å². The number of amides is 2. The number of halogens is 1. The van der Waals surface area contributed by atoms with Crippen LogP contribution in [0.1, 0.15) is 12.0 Å². The molecule has 2 aromatic rings. The van der Waals surface area contributed by atoms with E-state index in [0.717, 1.165) is 4.90 Å². The van der Waals surface area contributed by atoms with Crippen LogP contribution in [-0.2, 0) is 9.59 Å². The number of nitrogens with one attached hydrogen (secondary N) is 3. The average Bonchev–Trinajstić information content (AvgIpc) is 2.51. The molecule has 3 rings (SSSR count). The number of pyridine rings is 1. The summed E-state index contributed by atoms with van der Waals surface area (Å²) < 4.78 is 0. The molecule has 2 amide bonds. The summed E-state index contributed by atoms with van der Waals surface area (Å²) in [6.07, 6.45) is 1.47. The maximum absolute atomic E-state index is 12.2. The zero-order valence-electron chi connectivity index (χ0n) is 12.7. The fraction of sp³-hybridized carbons (Fsp3) is 0.188. The van der Waals surface area contributed by atoms with Crippen LogP contribution in [0.2, 0.25) is 5.02 Å². The van der Waals surface area contributed by atoms with Crippen molar-refractivity contribution in [1.82, 2.24) is 4.98 Å². The predicted molar refractivity (Wildman–Crippen MR) is 94.8 cm³/mol. The molecule has 1 atom stereocenters. The largest absolute Gasteiger partial charge is 0.327 e. The van der Waals surface area contributed by atoms with Crippen molar-refractivity contribution in [2.24, 2.45) is 0 Å². The molecule has 0 saturated heterocycles. The Hall–Kier alpha value is -2.25. The highest BCUT2D eigenvalue weighted by atomic mass is 35.5. The van der Waals surface area contributed by atoms with Gasteiger partial charge in [-0.1, -0.05) is 11.6 Å². The third-order valence-corrected chi connectivity index (χ3v) is 5.05. The van der Waals surface area contributed by atoms with E-state index in [4.69, 9.17) is 11.6 Å². The number of hydrogen-bond acceptors (Lipinski definition) is 4. The molecule has 3 N–H and O–H groups in total. The maximum atomic E-state index is 12.2. The van der Waals surface area contributed by atoms with Crippen LogP contribution in [-0.4, -0.2) is 22.0 Å². The molecule has 0 bridgehead atoms. The highest BCUT2D eigenvalue weighted by Gasteiger charge is 2.29. The zero-order valence-corrected chi connectivity index (χ0v) is 14.3. The van der Waals surface area contributed by atoms with E-state index in [9.17, 15) is 14.4 Å². The van der Waals surface area contributed by atoms with Crippen LogP contribution in [0.5, 0.6) is 0 Å². The Morgan fingerprint density at radius 3 is 2.88 bits per heavy atom. The summed E-state index contributed by atoms with van der Waals surface area (Å²) in [5.41, 5.74) is 1.61. The Morgan fingerprint density at radius 2 is 2.12 bits per heavy atom. The first-order valence-corrected chi connectivity index (χ1v) is 8.44. The molecule has 6 nitrogen and oxygen atoms in total. The summed E-state index contributed by atoms with van der Waals surface area (Å²) >= 11 is 7.24. The highest BCUT2D eigenvalue weighted by molar-refractivity contribution is 8.01. The van der Waals surface area contributed by atoms with Gasteiger partial charge in [0.15, 0.2) is 0 Å². The minimum atomic E-state index is -0.526. The lowest BCUT2D eigenvalue weighted by molar-refractivity contribution is -0.120. The number of fused-ring (bicyclic) bond motifs is 1. The summed E-state index contributed by atoms with van der Waals surface area (Å²) in [4.78, 5) is 39.0. The van der Waals surface area contributed by atoms with Crippen LogP contribution in [0.3, 0.4) is 0 Å². The van der Waals surface area contributed by atoms with Crippen LogP contribution < -0.4 is 16.2 Å². The SMILES string of the molecule is Cc1cc(=O)[nH]cc1NC(=O)CC1Sc2ccc(Cl)cc2NC1=O. The van der Waals surface area contributed by atoms with E-state index in [-0.39, 0.29) is 23.8 Å². The Morgan fingerprint density at radius 1 is 1.33 bits per heavy atom. The second-order valence-electron chi connectivity index (χ2n) is 5.38. The molecular formula is C16H14ClN3O3S. The van der Waals surface area contributed by atoms with Crippen molar-refractivity contribution in [3.63, 3.8) is 0 Å². The van der Waals surface area contributed by atoms with E-state index in [1.165, 1.54) is 24.0 Å². The first kappa shape index (κ1) is 16.6. The van der Waals surface area contributed by atoms with Gasteiger partial charge in [0, 0.05) is 28.6 Å². The number of benzene rings is 1. The van der Waals surface area contributed by atoms with Crippen LogP contribution >= 0.6 is 23.4 Å². The molecule has 2 heterocycles. The van der Waals surface area contributed by atoms with Gasteiger partial charge in [-0.3, -0.25) is 14.4 Å². The van der Waals surface area contributed by atoms with Crippen molar-refractivity contribution in [3.05, 3.63) is 51.4 Å². The number of hydrogen-bond donors (Lipinski definition) is 3. The molecule has 0 aliphatic carbocycles. The molecule has 0 fully saturated rings. The first-order valence-electron chi connectivity index (χ1n) is 7.18. The molecule has 1 aliphatic heterocycles. The summed E-state index contributed by atoms with van der Waals surface area (Å²) in [7, 11) is 0. The number of thioether (sulfide) groups is 1. The van der Waals surface area contributed by atoms with Crippen molar-refractivity contribution in [3.8, 4) is 0 Å². The molecule has 1 aromatic heterocycles. The van der Waals surface area contributed by atoms with Gasteiger partial charge in [0.05, 0.1) is 16.6 Å². The zero-order chi connectivity index (χ0) is 17.3. The number of H-pyrrole nitrogens is 1. The third kappa shape index (κ3) is 3.63. The average molecular weight is 364 g/mol. The number of carbonyl (C=O) groups is 2. The minimum Gasteiger partial charge on any atom is -0.327 e. The number of anilines is 2. The minimum absolute atomic E-state index is 0.0249. The lowest BCUT2D eigenvalue weighted by Gasteiger charge is -2.23. The van der Waals surface area contributed by atoms with Gasteiger partial charge < -0.3 is 15.6 Å². The lowest BCUT2D eigenvalue weighted by Crippen LogP contribution is -2.32. The molecule has 1 aliphatic rings. The Kier molecular flexibility index (Phi) is 4.64. The van der Waals surface area contributed by atoms with Crippen LogP contribution in [0, 0.1) is 6.92 Å². The van der Waals surface area contributed by atoms with E-state index in [1.807, 2.05) is 6.07 Å². The fourth-order valence-electron chi connectivity index (χ4n) is 2.33. The monoisotopic (exact) mass is 363 g/mol. The third-order valence-electron chi connectivity index (χ3n) is 3.54. The van der Waals surface area contributed by atoms with Crippen molar-refractivity contribution < 1.29 is 9.59 Å². The highest BCUT2D eigenvalue weighted by Crippen LogP contribution is 2.38. The van der Waals surface area contributed by atoms with Gasteiger partial charge in [0.2, 0.25) is 17.4 Å². The van der Waals surface area contributed by atoms with E-state index in [1.54, 1.807) is 19.1 Å². The van der Waals surface area contributed by atoms with E-state index >= 15 is 0 Å². The lowest BCUT2D eigenvalue weighted by atomic mass is 10.2. The molecule has 0 radical (unpaired) electrons. The van der Waals surface area contributed by atoms with Crippen LogP contribution in [0.4, 0.5) is 11.4 Å². The Labute approximate surface area is 147 Å². The Bertz CT molecular complexity index is 881. The van der Waals surface area contributed by atoms with E-state index < -0.39 is 5.25 Å². The molecule has 8 heteroatoms. The standard InChI is InChI=1S/C16H14ClN3O3S/c1-8-4-14(21)18-7-11(8)19-15(22)6-13-16(23)20-10-5-9(17)2-3-12(10)24-13/h2-5,7,13H,6H2,1H3,(H,18,21)(H,19,22)(H,20,23). The molecule has 0 spiro atoms. The van der Waals surface area contributed by atoms with Crippen LogP contribution in [0.15, 0.2) is 40.2 Å². The summed E-state index contributed by atoms with van der Waals surface area (Å²) in [6, 6.07) is 6.64. The maximum Gasteiger partial charge on any atom is 0.248 e. The molecule has 0 saturated carbocycles. The van der Waals surface area contributed by atoms with Crippen molar-refractivity contribution in [2.75, 3.05) is 10.6 Å². The Balaban J connectivity index is 1.69. The predicted octanol–water partition coefficient (Wildman–Crippen LogP) is 2.78. The first-order chi connectivity index (χ1) is 11.4. The quantitative estimate of drug-likeness (QED) is 0.782. The number of aromatic nitrogens is 1. The molecule has 24 heavy (non-hydrogen) atoms. The van der Waals surface area contributed by atoms with Crippen molar-refractivity contribution >= 4 is 46.6 Å². The van der Waals surface area contributed by atoms with Gasteiger partial charge >= 0.3 is 0 Å². The topological polar surface area (TPSA) is 91.1 Å². The van der Waals surface area contributed by atoms with E-state index in [0.29, 0.717) is 22.0 Å². The summed E-state index contributed by atoms with van der Waals surface area (Å²) in [5.74, 6) is -0.529. The van der Waals surface area contributed by atoms with Gasteiger partial charge in [0.1, 0.15) is 0 Å². The normalized spacial score (nSPS) is 16.2. The van der Waals surface area contributed by atoms with Crippen molar-refractivity contribution in [2.45, 2.75) is 23.5 Å². The van der Waals surface area contributed by atoms with Gasteiger partial charge in [-0.25, -0.2) is 0 Å². The number of aryl methyl sites for hydroxylation is 1. The number of rotatable bonds is 3. The van der Waals surface area contributed by atoms with E-state index in [2.05, 4.69) is 15.6 Å². The van der Waals surface area contributed by atoms with Gasteiger partial charge in [0.25, 0.3) is 0 Å². The second-order valence-corrected chi connectivity index (χ2v) is 7.06. The van der Waals surface area contributed by atoms with Crippen LogP contribution in [0.25, 0.3) is 0 Å². The van der Waals surface area contributed by atoms with Gasteiger partial charge in [-0.15, -0.1) is 11.8 Å². The second kappa shape index (κ2) is 6.70. The molecule has 1 aromatic carbocycles. The van der Waals surface area contributed by atoms with Crippen molar-refractivity contribution in [1.29, 1.82) is 0 Å². The molecular weight excluding hydrogens is 350 g/mol. The molecule has 124 valence electrons. The number of aromatic amines is 1.